The van der Waals surface area contributed by atoms with E-state index in [1.165, 1.54) is 0 Å². The average molecular weight is 252 g/mol. The van der Waals surface area contributed by atoms with E-state index in [4.69, 9.17) is 0 Å². The Bertz CT molecular complexity index is 366. The molecule has 3 heteroatoms. The molecule has 0 aromatic heterocycles. The van der Waals surface area contributed by atoms with Crippen LogP contribution in [0.4, 0.5) is 10.1 Å². The van der Waals surface area contributed by atoms with Gasteiger partial charge < -0.3 is 10.2 Å². The second-order valence-electron chi connectivity index (χ2n) is 4.56. The van der Waals surface area contributed by atoms with Gasteiger partial charge in [-0.2, -0.15) is 0 Å². The number of hydrogen-bond acceptors (Lipinski definition) is 2. The minimum Gasteiger partial charge on any atom is -0.369 e. The lowest BCUT2D eigenvalue weighted by atomic mass is 10.1. The lowest BCUT2D eigenvalue weighted by Gasteiger charge is -2.31. The topological polar surface area (TPSA) is 15.3 Å². The van der Waals surface area contributed by atoms with Gasteiger partial charge in [0.15, 0.2) is 0 Å². The highest BCUT2D eigenvalue weighted by atomic mass is 19.1. The van der Waals surface area contributed by atoms with Crippen molar-refractivity contribution in [2.75, 3.05) is 18.0 Å². The van der Waals surface area contributed by atoms with Crippen molar-refractivity contribution in [1.82, 2.24) is 5.32 Å². The van der Waals surface area contributed by atoms with E-state index in [0.29, 0.717) is 12.6 Å². The number of halogens is 1. The Labute approximate surface area is 110 Å². The quantitative estimate of drug-likeness (QED) is 0.798. The first-order chi connectivity index (χ1) is 8.65. The number of rotatable bonds is 7. The molecule has 0 aliphatic carbocycles. The van der Waals surface area contributed by atoms with Crippen molar-refractivity contribution in [3.8, 4) is 0 Å². The first-order valence-corrected chi connectivity index (χ1v) is 6.90. The van der Waals surface area contributed by atoms with E-state index >= 15 is 0 Å². The van der Waals surface area contributed by atoms with Crippen LogP contribution in [0.5, 0.6) is 0 Å². The van der Waals surface area contributed by atoms with Crippen LogP contribution in [0.2, 0.25) is 0 Å². The molecule has 0 saturated carbocycles. The van der Waals surface area contributed by atoms with E-state index in [2.05, 4.69) is 31.0 Å². The third-order valence-electron chi connectivity index (χ3n) is 3.42. The van der Waals surface area contributed by atoms with Gasteiger partial charge in [-0.15, -0.1) is 0 Å². The molecular formula is C15H25FN2. The van der Waals surface area contributed by atoms with Gasteiger partial charge in [0, 0.05) is 30.4 Å². The molecule has 18 heavy (non-hydrogen) atoms. The van der Waals surface area contributed by atoms with Crippen LogP contribution in [0.1, 0.15) is 39.7 Å². The largest absolute Gasteiger partial charge is 0.369 e. The molecule has 0 aliphatic heterocycles. The lowest BCUT2D eigenvalue weighted by Crippen LogP contribution is -2.33. The molecule has 0 amide bonds. The minimum absolute atomic E-state index is 0.116. The van der Waals surface area contributed by atoms with Crippen LogP contribution < -0.4 is 10.2 Å². The normalized spacial score (nSPS) is 12.5. The van der Waals surface area contributed by atoms with Crippen LogP contribution in [0.15, 0.2) is 18.2 Å². The van der Waals surface area contributed by atoms with Crippen LogP contribution in [-0.4, -0.2) is 19.1 Å². The van der Waals surface area contributed by atoms with Crippen LogP contribution in [-0.2, 0) is 6.54 Å². The maximum absolute atomic E-state index is 14.0. The number of anilines is 1. The van der Waals surface area contributed by atoms with E-state index in [1.807, 2.05) is 13.0 Å². The van der Waals surface area contributed by atoms with E-state index in [0.717, 1.165) is 30.8 Å². The van der Waals surface area contributed by atoms with Crippen molar-refractivity contribution in [2.24, 2.45) is 0 Å². The third kappa shape index (κ3) is 3.45. The summed E-state index contributed by atoms with van der Waals surface area (Å²) in [5.41, 5.74) is 1.80. The number of nitrogens with zero attached hydrogens (tertiary/aromatic N) is 1. The maximum Gasteiger partial charge on any atom is 0.129 e. The molecule has 1 rings (SSSR count). The number of nitrogens with one attached hydrogen (secondary N) is 1. The summed E-state index contributed by atoms with van der Waals surface area (Å²) in [7, 11) is 0. The Morgan fingerprint density at radius 1 is 1.28 bits per heavy atom. The molecule has 1 aromatic rings. The van der Waals surface area contributed by atoms with E-state index in [1.54, 1.807) is 12.1 Å². The Balaban J connectivity index is 3.08. The minimum atomic E-state index is -0.116. The fraction of sp³-hybridized carbons (Fsp3) is 0.600. The van der Waals surface area contributed by atoms with Gasteiger partial charge >= 0.3 is 0 Å². The van der Waals surface area contributed by atoms with Crippen LogP contribution in [0.3, 0.4) is 0 Å². The molecule has 0 aliphatic rings. The highest BCUT2D eigenvalue weighted by molar-refractivity contribution is 5.55. The highest BCUT2D eigenvalue weighted by Crippen LogP contribution is 2.25. The van der Waals surface area contributed by atoms with Crippen molar-refractivity contribution in [3.63, 3.8) is 0 Å². The van der Waals surface area contributed by atoms with Crippen LogP contribution >= 0.6 is 0 Å². The van der Waals surface area contributed by atoms with E-state index < -0.39 is 0 Å². The highest BCUT2D eigenvalue weighted by Gasteiger charge is 2.16. The molecule has 0 saturated heterocycles. The molecule has 0 bridgehead atoms. The van der Waals surface area contributed by atoms with Crippen molar-refractivity contribution >= 4 is 5.69 Å². The maximum atomic E-state index is 14.0. The van der Waals surface area contributed by atoms with Gasteiger partial charge in [-0.25, -0.2) is 4.39 Å². The second-order valence-corrected chi connectivity index (χ2v) is 4.56. The molecule has 1 aromatic carbocycles. The Hall–Kier alpha value is -1.09. The van der Waals surface area contributed by atoms with Crippen molar-refractivity contribution in [1.29, 1.82) is 0 Å². The summed E-state index contributed by atoms with van der Waals surface area (Å²) in [6.07, 6.45) is 1.06. The SMILES string of the molecule is CCNCc1c(F)cccc1N(CC)C(C)CC. The summed E-state index contributed by atoms with van der Waals surface area (Å²) in [4.78, 5) is 2.27. The van der Waals surface area contributed by atoms with Crippen LogP contribution in [0.25, 0.3) is 0 Å². The van der Waals surface area contributed by atoms with Gasteiger partial charge in [0.1, 0.15) is 5.82 Å². The van der Waals surface area contributed by atoms with Gasteiger partial charge in [-0.1, -0.05) is 19.9 Å². The summed E-state index contributed by atoms with van der Waals surface area (Å²) < 4.78 is 14.0. The van der Waals surface area contributed by atoms with Gasteiger partial charge in [0.05, 0.1) is 0 Å². The van der Waals surface area contributed by atoms with Gasteiger partial charge in [-0.3, -0.25) is 0 Å². The molecule has 2 nitrogen and oxygen atoms in total. The average Bonchev–Trinajstić information content (AvgIpc) is 2.38. The van der Waals surface area contributed by atoms with Crippen molar-refractivity contribution in [3.05, 3.63) is 29.6 Å². The summed E-state index contributed by atoms with van der Waals surface area (Å²) in [6.45, 7) is 10.8. The third-order valence-corrected chi connectivity index (χ3v) is 3.42. The molecule has 1 N–H and O–H groups in total. The fourth-order valence-electron chi connectivity index (χ4n) is 2.18. The summed E-state index contributed by atoms with van der Waals surface area (Å²) in [5.74, 6) is -0.116. The molecule has 0 fully saturated rings. The summed E-state index contributed by atoms with van der Waals surface area (Å²) in [5, 5.41) is 3.22. The van der Waals surface area contributed by atoms with Crippen molar-refractivity contribution in [2.45, 2.75) is 46.7 Å². The smallest absolute Gasteiger partial charge is 0.129 e. The summed E-state index contributed by atoms with van der Waals surface area (Å²) >= 11 is 0. The molecule has 0 spiro atoms. The second kappa shape index (κ2) is 7.37. The molecule has 0 heterocycles. The first-order valence-electron chi connectivity index (χ1n) is 6.90. The molecule has 1 unspecified atom stereocenters. The molecule has 1 atom stereocenters. The zero-order valence-electron chi connectivity index (χ0n) is 12.0. The monoisotopic (exact) mass is 252 g/mol. The number of hydrogen-bond donors (Lipinski definition) is 1. The standard InChI is InChI=1S/C15H25FN2/c1-5-12(4)18(7-3)15-10-8-9-14(16)13(15)11-17-6-2/h8-10,12,17H,5-7,11H2,1-4H3. The Morgan fingerprint density at radius 2 is 2.00 bits per heavy atom. The predicted octanol–water partition coefficient (Wildman–Crippen LogP) is 3.56. The lowest BCUT2D eigenvalue weighted by molar-refractivity contribution is 0.581. The van der Waals surface area contributed by atoms with Crippen molar-refractivity contribution < 1.29 is 4.39 Å². The Kier molecular flexibility index (Phi) is 6.13. The zero-order chi connectivity index (χ0) is 13.5. The van der Waals surface area contributed by atoms with E-state index in [9.17, 15) is 4.39 Å². The fourth-order valence-corrected chi connectivity index (χ4v) is 2.18. The predicted molar refractivity (Wildman–Crippen MR) is 76.6 cm³/mol. The zero-order valence-corrected chi connectivity index (χ0v) is 12.0. The molecule has 102 valence electrons. The van der Waals surface area contributed by atoms with Gasteiger partial charge in [0.2, 0.25) is 0 Å². The Morgan fingerprint density at radius 3 is 2.56 bits per heavy atom. The molecular weight excluding hydrogens is 227 g/mol. The van der Waals surface area contributed by atoms with E-state index in [-0.39, 0.29) is 5.82 Å². The van der Waals surface area contributed by atoms with Gasteiger partial charge in [0.25, 0.3) is 0 Å². The van der Waals surface area contributed by atoms with Gasteiger partial charge in [-0.05, 0) is 38.9 Å². The molecule has 0 radical (unpaired) electrons. The van der Waals surface area contributed by atoms with Crippen LogP contribution in [0, 0.1) is 5.82 Å². The number of benzene rings is 1. The summed E-state index contributed by atoms with van der Waals surface area (Å²) in [6, 6.07) is 5.79. The first kappa shape index (κ1) is 15.0.